The Bertz CT molecular complexity index is 315. The van der Waals surface area contributed by atoms with Crippen molar-refractivity contribution in [1.82, 2.24) is 0 Å². The minimum atomic E-state index is -0.252. The number of halogens is 1. The minimum absolute atomic E-state index is 0.0174. The van der Waals surface area contributed by atoms with Gasteiger partial charge in [0.25, 0.3) is 0 Å². The van der Waals surface area contributed by atoms with Crippen LogP contribution in [0.1, 0.15) is 24.9 Å². The Hall–Kier alpha value is -0.930. The van der Waals surface area contributed by atoms with E-state index in [9.17, 15) is 5.11 Å². The monoisotopic (exact) mass is 201 g/mol. The van der Waals surface area contributed by atoms with Crippen molar-refractivity contribution < 1.29 is 10.2 Å². The zero-order chi connectivity index (χ0) is 10.0. The molecule has 0 aliphatic carbocycles. The van der Waals surface area contributed by atoms with Crippen LogP contribution in [-0.4, -0.2) is 10.2 Å². The SMILES string of the molecule is CCC(N)c1cc(Cl)c(O)cc1O. The summed E-state index contributed by atoms with van der Waals surface area (Å²) in [4.78, 5) is 0. The summed E-state index contributed by atoms with van der Waals surface area (Å²) < 4.78 is 0. The van der Waals surface area contributed by atoms with Gasteiger partial charge < -0.3 is 15.9 Å². The molecule has 0 bridgehead atoms. The highest BCUT2D eigenvalue weighted by Gasteiger charge is 2.12. The van der Waals surface area contributed by atoms with E-state index >= 15 is 0 Å². The van der Waals surface area contributed by atoms with E-state index in [0.717, 1.165) is 0 Å². The van der Waals surface area contributed by atoms with Crippen LogP contribution in [0.4, 0.5) is 0 Å². The van der Waals surface area contributed by atoms with Crippen LogP contribution in [0.2, 0.25) is 5.02 Å². The molecule has 1 aromatic carbocycles. The Morgan fingerprint density at radius 1 is 1.38 bits per heavy atom. The summed E-state index contributed by atoms with van der Waals surface area (Å²) in [6, 6.07) is 2.44. The number of phenols is 2. The van der Waals surface area contributed by atoms with Crippen LogP contribution in [-0.2, 0) is 0 Å². The molecule has 0 aromatic heterocycles. The highest BCUT2D eigenvalue weighted by Crippen LogP contribution is 2.34. The Balaban J connectivity index is 3.15. The first-order valence-electron chi connectivity index (χ1n) is 4.03. The van der Waals surface area contributed by atoms with E-state index in [2.05, 4.69) is 0 Å². The smallest absolute Gasteiger partial charge is 0.137 e. The van der Waals surface area contributed by atoms with Crippen LogP contribution in [0.15, 0.2) is 12.1 Å². The van der Waals surface area contributed by atoms with E-state index in [4.69, 9.17) is 22.4 Å². The predicted molar refractivity (Wildman–Crippen MR) is 52.0 cm³/mol. The predicted octanol–water partition coefficient (Wildman–Crippen LogP) is 2.16. The number of rotatable bonds is 2. The molecule has 0 spiro atoms. The minimum Gasteiger partial charge on any atom is -0.507 e. The van der Waals surface area contributed by atoms with E-state index in [1.807, 2.05) is 6.92 Å². The molecule has 3 nitrogen and oxygen atoms in total. The summed E-state index contributed by atoms with van der Waals surface area (Å²) in [6.07, 6.45) is 0.703. The zero-order valence-electron chi connectivity index (χ0n) is 7.29. The second-order valence-electron chi connectivity index (χ2n) is 2.88. The Morgan fingerprint density at radius 3 is 2.54 bits per heavy atom. The van der Waals surface area contributed by atoms with Crippen molar-refractivity contribution in [1.29, 1.82) is 0 Å². The molecule has 4 heteroatoms. The Kier molecular flexibility index (Phi) is 3.01. The third kappa shape index (κ3) is 2.05. The highest BCUT2D eigenvalue weighted by molar-refractivity contribution is 6.32. The summed E-state index contributed by atoms with van der Waals surface area (Å²) in [7, 11) is 0. The van der Waals surface area contributed by atoms with Crippen molar-refractivity contribution in [2.75, 3.05) is 0 Å². The highest BCUT2D eigenvalue weighted by atomic mass is 35.5. The van der Waals surface area contributed by atoms with Gasteiger partial charge in [-0.15, -0.1) is 0 Å². The molecule has 1 unspecified atom stereocenters. The van der Waals surface area contributed by atoms with E-state index in [0.29, 0.717) is 12.0 Å². The average Bonchev–Trinajstić information content (AvgIpc) is 2.10. The van der Waals surface area contributed by atoms with Crippen LogP contribution in [0, 0.1) is 0 Å². The van der Waals surface area contributed by atoms with E-state index < -0.39 is 0 Å². The summed E-state index contributed by atoms with van der Waals surface area (Å²) in [5.41, 5.74) is 6.27. The van der Waals surface area contributed by atoms with Crippen LogP contribution in [0.5, 0.6) is 11.5 Å². The molecule has 0 radical (unpaired) electrons. The van der Waals surface area contributed by atoms with Gasteiger partial charge >= 0.3 is 0 Å². The molecule has 1 rings (SSSR count). The van der Waals surface area contributed by atoms with Gasteiger partial charge in [0.2, 0.25) is 0 Å². The van der Waals surface area contributed by atoms with Gasteiger partial charge in [-0.2, -0.15) is 0 Å². The fraction of sp³-hybridized carbons (Fsp3) is 0.333. The first-order valence-corrected chi connectivity index (χ1v) is 4.41. The summed E-state index contributed by atoms with van der Waals surface area (Å²) in [5.74, 6) is -0.150. The molecule has 0 aliphatic heterocycles. The van der Waals surface area contributed by atoms with Gasteiger partial charge in [0.05, 0.1) is 5.02 Å². The number of hydrogen-bond donors (Lipinski definition) is 3. The van der Waals surface area contributed by atoms with Gasteiger partial charge in [-0.3, -0.25) is 0 Å². The second kappa shape index (κ2) is 3.85. The molecule has 13 heavy (non-hydrogen) atoms. The number of aromatic hydroxyl groups is 2. The van der Waals surface area contributed by atoms with Crippen LogP contribution in [0.25, 0.3) is 0 Å². The van der Waals surface area contributed by atoms with Gasteiger partial charge in [-0.25, -0.2) is 0 Å². The normalized spacial score (nSPS) is 12.8. The zero-order valence-corrected chi connectivity index (χ0v) is 8.04. The van der Waals surface area contributed by atoms with Gasteiger partial charge in [-0.1, -0.05) is 18.5 Å². The van der Waals surface area contributed by atoms with Crippen molar-refractivity contribution in [2.24, 2.45) is 5.73 Å². The van der Waals surface area contributed by atoms with E-state index in [-0.39, 0.29) is 22.6 Å². The lowest BCUT2D eigenvalue weighted by Gasteiger charge is -2.12. The number of hydrogen-bond acceptors (Lipinski definition) is 3. The van der Waals surface area contributed by atoms with Gasteiger partial charge in [0.15, 0.2) is 0 Å². The van der Waals surface area contributed by atoms with Crippen molar-refractivity contribution in [2.45, 2.75) is 19.4 Å². The molecule has 0 saturated heterocycles. The topological polar surface area (TPSA) is 66.5 Å². The van der Waals surface area contributed by atoms with Crippen LogP contribution >= 0.6 is 11.6 Å². The molecular weight excluding hydrogens is 190 g/mol. The van der Waals surface area contributed by atoms with E-state index in [1.165, 1.54) is 12.1 Å². The molecule has 1 aromatic rings. The lowest BCUT2D eigenvalue weighted by atomic mass is 10.0. The maximum Gasteiger partial charge on any atom is 0.137 e. The molecule has 0 saturated carbocycles. The van der Waals surface area contributed by atoms with Gasteiger partial charge in [0, 0.05) is 17.7 Å². The van der Waals surface area contributed by atoms with Gasteiger partial charge in [-0.05, 0) is 12.5 Å². The molecule has 72 valence electrons. The van der Waals surface area contributed by atoms with Crippen LogP contribution < -0.4 is 5.73 Å². The first kappa shape index (κ1) is 10.2. The van der Waals surface area contributed by atoms with Crippen molar-refractivity contribution in [3.63, 3.8) is 0 Å². The summed E-state index contributed by atoms with van der Waals surface area (Å²) in [6.45, 7) is 1.91. The Morgan fingerprint density at radius 2 is 2.00 bits per heavy atom. The second-order valence-corrected chi connectivity index (χ2v) is 3.28. The fourth-order valence-electron chi connectivity index (χ4n) is 1.08. The summed E-state index contributed by atoms with van der Waals surface area (Å²) in [5, 5.41) is 18.8. The Labute approximate surface area is 81.8 Å². The molecule has 0 aliphatic rings. The largest absolute Gasteiger partial charge is 0.507 e. The maximum absolute atomic E-state index is 9.42. The molecule has 0 amide bonds. The third-order valence-corrected chi connectivity index (χ3v) is 2.24. The standard InChI is InChI=1S/C9H12ClNO2/c1-2-7(11)5-3-6(10)9(13)4-8(5)12/h3-4,7,12-13H,2,11H2,1H3. The molecule has 1 atom stereocenters. The number of benzene rings is 1. The first-order chi connectivity index (χ1) is 6.06. The van der Waals surface area contributed by atoms with Crippen molar-refractivity contribution in [3.05, 3.63) is 22.7 Å². The molecule has 0 fully saturated rings. The number of phenolic OH excluding ortho intramolecular Hbond substituents is 2. The maximum atomic E-state index is 9.42. The lowest BCUT2D eigenvalue weighted by molar-refractivity contribution is 0.441. The quantitative estimate of drug-likeness (QED) is 0.687. The summed E-state index contributed by atoms with van der Waals surface area (Å²) >= 11 is 5.67. The molecule has 0 heterocycles. The van der Waals surface area contributed by atoms with Gasteiger partial charge in [0.1, 0.15) is 11.5 Å². The molecule has 4 N–H and O–H groups in total. The van der Waals surface area contributed by atoms with Crippen LogP contribution in [0.3, 0.4) is 0 Å². The third-order valence-electron chi connectivity index (χ3n) is 1.94. The molecular formula is C9H12ClNO2. The lowest BCUT2D eigenvalue weighted by Crippen LogP contribution is -2.08. The fourth-order valence-corrected chi connectivity index (χ4v) is 1.26. The van der Waals surface area contributed by atoms with Crippen molar-refractivity contribution in [3.8, 4) is 11.5 Å². The van der Waals surface area contributed by atoms with E-state index in [1.54, 1.807) is 0 Å². The number of nitrogens with two attached hydrogens (primary N) is 1. The van der Waals surface area contributed by atoms with Crippen molar-refractivity contribution >= 4 is 11.6 Å². The average molecular weight is 202 g/mol.